The van der Waals surface area contributed by atoms with Crippen molar-refractivity contribution in [2.45, 2.75) is 38.3 Å². The van der Waals surface area contributed by atoms with Gasteiger partial charge in [0, 0.05) is 6.20 Å². The van der Waals surface area contributed by atoms with Gasteiger partial charge in [0.15, 0.2) is 0 Å². The quantitative estimate of drug-likeness (QED) is 0.794. The number of nitrogens with one attached hydrogen (secondary N) is 2. The first-order valence-electron chi connectivity index (χ1n) is 6.53. The van der Waals surface area contributed by atoms with Gasteiger partial charge in [-0.3, -0.25) is 4.79 Å². The number of halogens is 3. The third-order valence-electron chi connectivity index (χ3n) is 3.00. The average Bonchev–Trinajstić information content (AvgIpc) is 2.47. The van der Waals surface area contributed by atoms with Crippen molar-refractivity contribution in [3.05, 3.63) is 23.9 Å². The molecule has 0 saturated heterocycles. The number of anilines is 1. The maximum Gasteiger partial charge on any atom is 0.263 e. The van der Waals surface area contributed by atoms with E-state index in [0.29, 0.717) is 0 Å². The summed E-state index contributed by atoms with van der Waals surface area (Å²) >= 11 is 0. The number of hydrogen-bond donors (Lipinski definition) is 2. The van der Waals surface area contributed by atoms with E-state index in [-0.39, 0.29) is 11.4 Å². The predicted octanol–water partition coefficient (Wildman–Crippen LogP) is 2.63. The van der Waals surface area contributed by atoms with Gasteiger partial charge in [-0.2, -0.15) is 0 Å². The molecule has 1 heterocycles. The Labute approximate surface area is 127 Å². The van der Waals surface area contributed by atoms with Crippen molar-refractivity contribution in [3.63, 3.8) is 0 Å². The van der Waals surface area contributed by atoms with Gasteiger partial charge in [-0.25, -0.2) is 18.2 Å². The van der Waals surface area contributed by atoms with Gasteiger partial charge in [0.2, 0.25) is 0 Å². The summed E-state index contributed by atoms with van der Waals surface area (Å²) < 4.78 is 38.9. The van der Waals surface area contributed by atoms with Crippen LogP contribution in [0, 0.1) is 12.3 Å². The highest BCUT2D eigenvalue weighted by Crippen LogP contribution is 2.24. The van der Waals surface area contributed by atoms with E-state index in [0.717, 1.165) is 6.92 Å². The van der Waals surface area contributed by atoms with Crippen LogP contribution in [-0.4, -0.2) is 35.1 Å². The number of hydrogen-bond acceptors (Lipinski definition) is 3. The Morgan fingerprint density at radius 2 is 2.09 bits per heavy atom. The molecule has 0 aliphatic heterocycles. The van der Waals surface area contributed by atoms with Gasteiger partial charge in [-0.05, 0) is 32.9 Å². The van der Waals surface area contributed by atoms with E-state index in [1.807, 2.05) is 0 Å². The highest BCUT2D eigenvalue weighted by molar-refractivity contribution is 5.99. The minimum atomic E-state index is -2.97. The lowest BCUT2D eigenvalue weighted by atomic mass is 10.0. The number of rotatable bonds is 6. The van der Waals surface area contributed by atoms with E-state index in [1.54, 1.807) is 13.8 Å². The van der Waals surface area contributed by atoms with Gasteiger partial charge in [0.05, 0.1) is 11.1 Å². The zero-order valence-electron chi connectivity index (χ0n) is 12.6. The molecule has 0 aromatic carbocycles. The minimum absolute atomic E-state index is 0.00569. The number of terminal acetylenes is 1. The minimum Gasteiger partial charge on any atom is -0.356 e. The van der Waals surface area contributed by atoms with Crippen LogP contribution < -0.4 is 10.6 Å². The van der Waals surface area contributed by atoms with Crippen LogP contribution in [0.1, 0.15) is 31.1 Å². The summed E-state index contributed by atoms with van der Waals surface area (Å²) in [4.78, 5) is 16.1. The SMILES string of the molecule is C#CC(C)(C)NC(=O)c1cccnc1NC(C)(CF)C(F)F. The maximum absolute atomic E-state index is 13.0. The normalized spacial score (nSPS) is 14.1. The van der Waals surface area contributed by atoms with Gasteiger partial charge >= 0.3 is 0 Å². The second-order valence-corrected chi connectivity index (χ2v) is 5.60. The Bertz CT molecular complexity index is 584. The van der Waals surface area contributed by atoms with Crippen LogP contribution in [0.5, 0.6) is 0 Å². The molecule has 0 aliphatic rings. The number of alkyl halides is 3. The molecule has 1 unspecified atom stereocenters. The lowest BCUT2D eigenvalue weighted by Gasteiger charge is -2.28. The van der Waals surface area contributed by atoms with E-state index in [9.17, 15) is 18.0 Å². The Kier molecular flexibility index (Phi) is 5.42. The fourth-order valence-corrected chi connectivity index (χ4v) is 1.49. The number of aromatic nitrogens is 1. The topological polar surface area (TPSA) is 54.0 Å². The smallest absolute Gasteiger partial charge is 0.263 e. The molecule has 120 valence electrons. The molecule has 0 bridgehead atoms. The summed E-state index contributed by atoms with van der Waals surface area (Å²) in [6, 6.07) is 2.86. The zero-order valence-corrected chi connectivity index (χ0v) is 12.6. The molecule has 0 radical (unpaired) electrons. The van der Waals surface area contributed by atoms with Gasteiger partial charge in [0.25, 0.3) is 12.3 Å². The van der Waals surface area contributed by atoms with Gasteiger partial charge in [-0.15, -0.1) is 6.42 Å². The van der Waals surface area contributed by atoms with Crippen LogP contribution in [0.15, 0.2) is 18.3 Å². The average molecular weight is 313 g/mol. The standard InChI is InChI=1S/C15H18F3N3O/c1-5-14(2,3)21-12(22)10-7-6-8-19-11(10)20-15(4,9-16)13(17)18/h1,6-8,13H,9H2,2-4H3,(H,19,20)(H,21,22). The van der Waals surface area contributed by atoms with Crippen LogP contribution in [-0.2, 0) is 0 Å². The predicted molar refractivity (Wildman–Crippen MR) is 78.6 cm³/mol. The summed E-state index contributed by atoms with van der Waals surface area (Å²) in [5.41, 5.74) is -3.05. The van der Waals surface area contributed by atoms with Gasteiger partial charge in [0.1, 0.15) is 18.0 Å². The van der Waals surface area contributed by atoms with E-state index < -0.39 is 30.1 Å². The summed E-state index contributed by atoms with van der Waals surface area (Å²) in [5, 5.41) is 4.87. The van der Waals surface area contributed by atoms with Crippen molar-refractivity contribution in [2.24, 2.45) is 0 Å². The molecule has 0 fully saturated rings. The number of nitrogens with zero attached hydrogens (tertiary/aromatic N) is 1. The highest BCUT2D eigenvalue weighted by Gasteiger charge is 2.36. The van der Waals surface area contributed by atoms with E-state index in [4.69, 9.17) is 6.42 Å². The van der Waals surface area contributed by atoms with Crippen LogP contribution in [0.2, 0.25) is 0 Å². The van der Waals surface area contributed by atoms with Crippen molar-refractivity contribution in [3.8, 4) is 12.3 Å². The molecule has 0 aliphatic carbocycles. The van der Waals surface area contributed by atoms with Crippen LogP contribution in [0.4, 0.5) is 19.0 Å². The second kappa shape index (κ2) is 6.69. The van der Waals surface area contributed by atoms with Gasteiger partial charge in [-0.1, -0.05) is 5.92 Å². The fraction of sp³-hybridized carbons (Fsp3) is 0.467. The molecule has 0 saturated carbocycles. The highest BCUT2D eigenvalue weighted by atomic mass is 19.3. The van der Waals surface area contributed by atoms with E-state index >= 15 is 0 Å². The first-order valence-corrected chi connectivity index (χ1v) is 6.53. The molecule has 0 spiro atoms. The summed E-state index contributed by atoms with van der Waals surface area (Å²) in [6.45, 7) is 2.91. The monoisotopic (exact) mass is 313 g/mol. The maximum atomic E-state index is 13.0. The molecular formula is C15H18F3N3O. The molecule has 7 heteroatoms. The van der Waals surface area contributed by atoms with Crippen molar-refractivity contribution < 1.29 is 18.0 Å². The fourth-order valence-electron chi connectivity index (χ4n) is 1.49. The molecule has 1 amide bonds. The molecule has 4 nitrogen and oxygen atoms in total. The van der Waals surface area contributed by atoms with Crippen LogP contribution in [0.25, 0.3) is 0 Å². The molecule has 2 N–H and O–H groups in total. The third kappa shape index (κ3) is 4.13. The Balaban J connectivity index is 3.10. The molecule has 1 atom stereocenters. The van der Waals surface area contributed by atoms with Crippen molar-refractivity contribution in [1.82, 2.24) is 10.3 Å². The first-order chi connectivity index (χ1) is 10.1. The Morgan fingerprint density at radius 1 is 1.45 bits per heavy atom. The number of pyridine rings is 1. The molecular weight excluding hydrogens is 295 g/mol. The molecule has 22 heavy (non-hydrogen) atoms. The number of carbonyl (C=O) groups excluding carboxylic acids is 1. The third-order valence-corrected chi connectivity index (χ3v) is 3.00. The van der Waals surface area contributed by atoms with Crippen LogP contribution in [0.3, 0.4) is 0 Å². The lowest BCUT2D eigenvalue weighted by Crippen LogP contribution is -2.46. The largest absolute Gasteiger partial charge is 0.356 e. The van der Waals surface area contributed by atoms with Crippen molar-refractivity contribution >= 4 is 11.7 Å². The number of carbonyl (C=O) groups is 1. The lowest BCUT2D eigenvalue weighted by molar-refractivity contribution is 0.0607. The first kappa shape index (κ1) is 17.8. The van der Waals surface area contributed by atoms with Crippen molar-refractivity contribution in [2.75, 3.05) is 12.0 Å². The summed E-state index contributed by atoms with van der Waals surface area (Å²) in [5.74, 6) is 1.67. The Hall–Kier alpha value is -2.23. The molecule has 1 aromatic rings. The second-order valence-electron chi connectivity index (χ2n) is 5.60. The van der Waals surface area contributed by atoms with E-state index in [2.05, 4.69) is 21.5 Å². The number of amides is 1. The Morgan fingerprint density at radius 3 is 2.59 bits per heavy atom. The van der Waals surface area contributed by atoms with Crippen molar-refractivity contribution in [1.29, 1.82) is 0 Å². The molecule has 1 rings (SSSR count). The van der Waals surface area contributed by atoms with Gasteiger partial charge < -0.3 is 10.6 Å². The summed E-state index contributed by atoms with van der Waals surface area (Å²) in [7, 11) is 0. The van der Waals surface area contributed by atoms with Crippen LogP contribution >= 0.6 is 0 Å². The zero-order chi connectivity index (χ0) is 17.0. The molecule has 1 aromatic heterocycles. The summed E-state index contributed by atoms with van der Waals surface area (Å²) in [6.07, 6.45) is 3.63. The van der Waals surface area contributed by atoms with E-state index in [1.165, 1.54) is 18.3 Å².